The van der Waals surface area contributed by atoms with Crippen molar-refractivity contribution < 1.29 is 9.53 Å². The Hall–Kier alpha value is -1.42. The molecule has 0 N–H and O–H groups in total. The molecule has 1 heterocycles. The van der Waals surface area contributed by atoms with Gasteiger partial charge in [0.15, 0.2) is 0 Å². The average molecular weight is 263 g/mol. The zero-order valence-corrected chi connectivity index (χ0v) is 11.1. The summed E-state index contributed by atoms with van der Waals surface area (Å²) in [6, 6.07) is 9.80. The molecule has 1 aromatic carbocycles. The molecule has 0 radical (unpaired) electrons. The van der Waals surface area contributed by atoms with Gasteiger partial charge in [-0.25, -0.2) is 0 Å². The van der Waals surface area contributed by atoms with E-state index in [2.05, 4.69) is 0 Å². The summed E-state index contributed by atoms with van der Waals surface area (Å²) in [4.78, 5) is 13.3. The van der Waals surface area contributed by atoms with Crippen molar-refractivity contribution in [2.24, 2.45) is 0 Å². The van der Waals surface area contributed by atoms with Crippen LogP contribution in [0.5, 0.6) is 5.75 Å². The third-order valence-corrected chi connectivity index (χ3v) is 3.40. The van der Waals surface area contributed by atoms with Gasteiger partial charge in [-0.15, -0.1) is 11.8 Å². The van der Waals surface area contributed by atoms with Gasteiger partial charge in [0.05, 0.1) is 12.4 Å². The highest BCUT2D eigenvalue weighted by atomic mass is 32.2. The van der Waals surface area contributed by atoms with Gasteiger partial charge in [0.2, 0.25) is 5.91 Å². The Morgan fingerprint density at radius 1 is 1.22 bits per heavy atom. The number of thioether (sulfide) groups is 1. The highest BCUT2D eigenvalue weighted by molar-refractivity contribution is 8.02. The number of hydrogen-bond donors (Lipinski definition) is 0. The summed E-state index contributed by atoms with van der Waals surface area (Å²) in [5.74, 6) is 1.67. The van der Waals surface area contributed by atoms with Gasteiger partial charge in [0, 0.05) is 12.7 Å². The highest BCUT2D eigenvalue weighted by Crippen LogP contribution is 2.13. The molecule has 0 atom stereocenters. The molecule has 1 aromatic rings. The van der Waals surface area contributed by atoms with E-state index in [1.54, 1.807) is 16.7 Å². The molecule has 4 heteroatoms. The van der Waals surface area contributed by atoms with Crippen molar-refractivity contribution >= 4 is 17.7 Å². The van der Waals surface area contributed by atoms with Gasteiger partial charge in [0.1, 0.15) is 5.75 Å². The van der Waals surface area contributed by atoms with Gasteiger partial charge < -0.3 is 9.64 Å². The minimum Gasteiger partial charge on any atom is -0.494 e. The van der Waals surface area contributed by atoms with Gasteiger partial charge in [0.25, 0.3) is 0 Å². The van der Waals surface area contributed by atoms with Crippen molar-refractivity contribution in [2.45, 2.75) is 12.8 Å². The molecule has 0 aliphatic carbocycles. The first-order valence-corrected chi connectivity index (χ1v) is 7.17. The zero-order chi connectivity index (χ0) is 12.6. The standard InChI is InChI=1S/C14H17NO2S/c16-14-12-18-11-9-15(14)8-4-5-10-17-13-6-2-1-3-7-13/h1-3,6-7,9,11H,4-5,8,10,12H2. The predicted molar refractivity (Wildman–Crippen MR) is 74.5 cm³/mol. The Morgan fingerprint density at radius 3 is 2.83 bits per heavy atom. The van der Waals surface area contributed by atoms with Crippen LogP contribution in [-0.2, 0) is 4.79 Å². The number of ether oxygens (including phenoxy) is 1. The molecule has 1 aliphatic heterocycles. The molecule has 0 bridgehead atoms. The van der Waals surface area contributed by atoms with Crippen LogP contribution >= 0.6 is 11.8 Å². The summed E-state index contributed by atoms with van der Waals surface area (Å²) < 4.78 is 5.60. The lowest BCUT2D eigenvalue weighted by molar-refractivity contribution is -0.126. The molecule has 0 fully saturated rings. The highest BCUT2D eigenvalue weighted by Gasteiger charge is 2.12. The summed E-state index contributed by atoms with van der Waals surface area (Å²) in [5.41, 5.74) is 0. The van der Waals surface area contributed by atoms with E-state index in [1.165, 1.54) is 0 Å². The fraction of sp³-hybridized carbons (Fsp3) is 0.357. The van der Waals surface area contributed by atoms with Crippen LogP contribution in [0, 0.1) is 0 Å². The number of para-hydroxylation sites is 1. The van der Waals surface area contributed by atoms with Crippen LogP contribution in [0.2, 0.25) is 0 Å². The van der Waals surface area contributed by atoms with Crippen LogP contribution in [-0.4, -0.2) is 29.7 Å². The molecule has 1 amide bonds. The first-order chi connectivity index (χ1) is 8.86. The summed E-state index contributed by atoms with van der Waals surface area (Å²) in [5, 5.41) is 1.97. The lowest BCUT2D eigenvalue weighted by atomic mass is 10.3. The number of carbonyl (C=O) groups excluding carboxylic acids is 1. The Bertz CT molecular complexity index is 406. The number of hydrogen-bond acceptors (Lipinski definition) is 3. The maximum Gasteiger partial charge on any atom is 0.236 e. The largest absolute Gasteiger partial charge is 0.494 e. The smallest absolute Gasteiger partial charge is 0.236 e. The van der Waals surface area contributed by atoms with Crippen molar-refractivity contribution in [2.75, 3.05) is 18.9 Å². The maximum atomic E-state index is 11.5. The SMILES string of the molecule is O=C1CSC=CN1CCCCOc1ccccc1. The van der Waals surface area contributed by atoms with Crippen molar-refractivity contribution in [3.8, 4) is 5.75 Å². The topological polar surface area (TPSA) is 29.5 Å². The molecular formula is C14H17NO2S. The van der Waals surface area contributed by atoms with E-state index in [9.17, 15) is 4.79 Å². The van der Waals surface area contributed by atoms with E-state index in [-0.39, 0.29) is 5.91 Å². The average Bonchev–Trinajstić information content (AvgIpc) is 2.42. The minimum atomic E-state index is 0.200. The number of unbranched alkanes of at least 4 members (excludes halogenated alkanes) is 1. The summed E-state index contributed by atoms with van der Waals surface area (Å²) in [6.07, 6.45) is 3.79. The van der Waals surface area contributed by atoms with Gasteiger partial charge in [-0.05, 0) is 30.4 Å². The van der Waals surface area contributed by atoms with Crippen LogP contribution in [0.3, 0.4) is 0 Å². The van der Waals surface area contributed by atoms with Crippen molar-refractivity contribution in [3.63, 3.8) is 0 Å². The molecule has 0 spiro atoms. The zero-order valence-electron chi connectivity index (χ0n) is 10.2. The van der Waals surface area contributed by atoms with Gasteiger partial charge in [-0.1, -0.05) is 18.2 Å². The number of benzene rings is 1. The molecular weight excluding hydrogens is 246 g/mol. The van der Waals surface area contributed by atoms with Crippen LogP contribution in [0.25, 0.3) is 0 Å². The van der Waals surface area contributed by atoms with E-state index in [1.807, 2.05) is 41.9 Å². The van der Waals surface area contributed by atoms with E-state index in [4.69, 9.17) is 4.74 Å². The van der Waals surface area contributed by atoms with E-state index in [0.717, 1.165) is 25.1 Å². The van der Waals surface area contributed by atoms with Crippen molar-refractivity contribution in [1.29, 1.82) is 0 Å². The second-order valence-electron chi connectivity index (χ2n) is 4.05. The Labute approximate surface area is 112 Å². The fourth-order valence-corrected chi connectivity index (χ4v) is 2.33. The van der Waals surface area contributed by atoms with Crippen molar-refractivity contribution in [3.05, 3.63) is 41.9 Å². The molecule has 18 heavy (non-hydrogen) atoms. The monoisotopic (exact) mass is 263 g/mol. The first-order valence-electron chi connectivity index (χ1n) is 6.12. The lowest BCUT2D eigenvalue weighted by Gasteiger charge is -2.20. The second kappa shape index (κ2) is 7.11. The van der Waals surface area contributed by atoms with Gasteiger partial charge >= 0.3 is 0 Å². The molecule has 1 aliphatic rings. The molecule has 96 valence electrons. The molecule has 2 rings (SSSR count). The van der Waals surface area contributed by atoms with E-state index < -0.39 is 0 Å². The van der Waals surface area contributed by atoms with Crippen LogP contribution in [0.4, 0.5) is 0 Å². The number of amides is 1. The van der Waals surface area contributed by atoms with E-state index >= 15 is 0 Å². The minimum absolute atomic E-state index is 0.200. The van der Waals surface area contributed by atoms with Crippen LogP contribution in [0.1, 0.15) is 12.8 Å². The predicted octanol–water partition coefficient (Wildman–Crippen LogP) is 2.89. The Balaban J connectivity index is 1.60. The lowest BCUT2D eigenvalue weighted by Crippen LogP contribution is -2.30. The number of rotatable bonds is 6. The number of nitrogens with zero attached hydrogens (tertiary/aromatic N) is 1. The quantitative estimate of drug-likeness (QED) is 0.739. The Morgan fingerprint density at radius 2 is 2.06 bits per heavy atom. The third kappa shape index (κ3) is 4.11. The van der Waals surface area contributed by atoms with Gasteiger partial charge in [-0.2, -0.15) is 0 Å². The molecule has 0 saturated carbocycles. The second-order valence-corrected chi connectivity index (χ2v) is 4.95. The summed E-state index contributed by atoms with van der Waals surface area (Å²) in [6.45, 7) is 1.48. The number of carbonyl (C=O) groups is 1. The maximum absolute atomic E-state index is 11.5. The molecule has 0 unspecified atom stereocenters. The summed E-state index contributed by atoms with van der Waals surface area (Å²) >= 11 is 1.55. The van der Waals surface area contributed by atoms with Crippen LogP contribution < -0.4 is 4.74 Å². The van der Waals surface area contributed by atoms with Crippen LogP contribution in [0.15, 0.2) is 41.9 Å². The van der Waals surface area contributed by atoms with Gasteiger partial charge in [-0.3, -0.25) is 4.79 Å². The molecule has 3 nitrogen and oxygen atoms in total. The summed E-state index contributed by atoms with van der Waals surface area (Å²) in [7, 11) is 0. The fourth-order valence-electron chi connectivity index (χ4n) is 1.69. The Kier molecular flexibility index (Phi) is 5.15. The van der Waals surface area contributed by atoms with Crippen molar-refractivity contribution in [1.82, 2.24) is 4.90 Å². The first kappa shape index (κ1) is 13.0. The molecule has 0 aromatic heterocycles. The van der Waals surface area contributed by atoms with E-state index in [0.29, 0.717) is 12.4 Å². The normalized spacial score (nSPS) is 14.9. The molecule has 0 saturated heterocycles. The third-order valence-electron chi connectivity index (χ3n) is 2.67.